The van der Waals surface area contributed by atoms with Gasteiger partial charge in [0.1, 0.15) is 11.2 Å². The van der Waals surface area contributed by atoms with Crippen molar-refractivity contribution in [1.29, 1.82) is 0 Å². The number of rotatable bonds is 2. The fourth-order valence-electron chi connectivity index (χ4n) is 9.91. The highest BCUT2D eigenvalue weighted by Crippen LogP contribution is 2.49. The van der Waals surface area contributed by atoms with Gasteiger partial charge in [-0.1, -0.05) is 141 Å². The number of fused-ring (bicyclic) bond motifs is 11. The maximum absolute atomic E-state index is 6.69. The van der Waals surface area contributed by atoms with E-state index in [2.05, 4.69) is 205 Å². The molecule has 58 heavy (non-hydrogen) atoms. The van der Waals surface area contributed by atoms with Gasteiger partial charge in [0.05, 0.1) is 11.0 Å². The third-order valence-corrected chi connectivity index (χ3v) is 13.1. The van der Waals surface area contributed by atoms with Crippen LogP contribution in [-0.4, -0.2) is 11.4 Å². The van der Waals surface area contributed by atoms with Gasteiger partial charge in [0.15, 0.2) is 0 Å². The molecule has 0 unspecified atom stereocenters. The van der Waals surface area contributed by atoms with Crippen LogP contribution in [0, 0.1) is 0 Å². The third kappa shape index (κ3) is 5.00. The van der Waals surface area contributed by atoms with Crippen LogP contribution in [-0.2, 0) is 16.2 Å². The summed E-state index contributed by atoms with van der Waals surface area (Å²) in [6.07, 6.45) is 0. The molecular weight excluding hydrogens is 703 g/mol. The Labute approximate surface area is 342 Å². The van der Waals surface area contributed by atoms with Gasteiger partial charge in [0.25, 0.3) is 0 Å². The molecule has 11 rings (SSSR count). The number of aromatic nitrogens is 1. The Morgan fingerprint density at radius 3 is 1.83 bits per heavy atom. The van der Waals surface area contributed by atoms with E-state index in [1.165, 1.54) is 88.7 Å². The maximum atomic E-state index is 6.69. The molecule has 0 atom stereocenters. The molecule has 9 aromatic rings. The summed E-state index contributed by atoms with van der Waals surface area (Å²) < 4.78 is 9.29. The molecule has 7 aromatic carbocycles. The van der Waals surface area contributed by atoms with Crippen molar-refractivity contribution in [3.63, 3.8) is 0 Å². The Morgan fingerprint density at radius 1 is 0.483 bits per heavy atom. The monoisotopic (exact) mass is 752 g/mol. The molecule has 284 valence electrons. The summed E-state index contributed by atoms with van der Waals surface area (Å²) in [5.74, 6) is 0. The summed E-state index contributed by atoms with van der Waals surface area (Å²) in [4.78, 5) is 2.61. The quantitative estimate of drug-likeness (QED) is 0.164. The van der Waals surface area contributed by atoms with Gasteiger partial charge >= 0.3 is 6.85 Å². The Balaban J connectivity index is 1.33. The van der Waals surface area contributed by atoms with Crippen molar-refractivity contribution in [2.24, 2.45) is 0 Å². The first-order chi connectivity index (χ1) is 27.7. The third-order valence-electron chi connectivity index (χ3n) is 13.1. The topological polar surface area (TPSA) is 21.3 Å². The standard InChI is InChI=1S/C54H49BN2O/c1-52(2,3)33-20-18-32(19-21-33)39-29-41-37-14-10-12-16-45(37)57(36-25-22-34(23-26-36)53(4,5)6)55-43-31-48-40(38-15-11-13-17-47(38)58-48)30-46(43)56-44-27-24-35(54(7,8)9)28-42(44)49(39)51(56)50(41)55/h10-31H,1-9H3. The van der Waals surface area contributed by atoms with E-state index in [0.29, 0.717) is 0 Å². The minimum atomic E-state index is -0.100. The zero-order valence-corrected chi connectivity index (χ0v) is 35.1. The lowest BCUT2D eigenvalue weighted by atomic mass is 9.43. The highest BCUT2D eigenvalue weighted by atomic mass is 16.3. The van der Waals surface area contributed by atoms with Crippen molar-refractivity contribution in [2.75, 3.05) is 4.81 Å². The van der Waals surface area contributed by atoms with Gasteiger partial charge in [0.2, 0.25) is 0 Å². The highest BCUT2D eigenvalue weighted by molar-refractivity contribution is 6.94. The lowest BCUT2D eigenvalue weighted by Gasteiger charge is -2.42. The van der Waals surface area contributed by atoms with Crippen LogP contribution in [0.2, 0.25) is 0 Å². The number of hydrogen-bond donors (Lipinski definition) is 0. The van der Waals surface area contributed by atoms with Gasteiger partial charge in [0, 0.05) is 44.2 Å². The summed E-state index contributed by atoms with van der Waals surface area (Å²) >= 11 is 0. The Morgan fingerprint density at radius 2 is 1.12 bits per heavy atom. The van der Waals surface area contributed by atoms with E-state index in [1.807, 2.05) is 0 Å². The molecule has 0 radical (unpaired) electrons. The minimum Gasteiger partial charge on any atom is -0.456 e. The number of hydrogen-bond acceptors (Lipinski definition) is 2. The van der Waals surface area contributed by atoms with Crippen LogP contribution < -0.4 is 15.7 Å². The van der Waals surface area contributed by atoms with E-state index in [0.717, 1.165) is 21.9 Å². The zero-order valence-electron chi connectivity index (χ0n) is 35.1. The Hall–Kier alpha value is -6.00. The van der Waals surface area contributed by atoms with E-state index in [1.54, 1.807) is 0 Å². The first-order valence-corrected chi connectivity index (χ1v) is 20.9. The van der Waals surface area contributed by atoms with E-state index >= 15 is 0 Å². The molecule has 4 heterocycles. The summed E-state index contributed by atoms with van der Waals surface area (Å²) in [7, 11) is 0. The van der Waals surface area contributed by atoms with Crippen LogP contribution in [0.1, 0.15) is 79.0 Å². The van der Waals surface area contributed by atoms with Crippen molar-refractivity contribution in [3.8, 4) is 27.9 Å². The zero-order chi connectivity index (χ0) is 40.0. The van der Waals surface area contributed by atoms with Gasteiger partial charge in [-0.2, -0.15) is 0 Å². The van der Waals surface area contributed by atoms with Crippen LogP contribution in [0.25, 0.3) is 71.7 Å². The molecule has 3 nitrogen and oxygen atoms in total. The van der Waals surface area contributed by atoms with Crippen LogP contribution in [0.15, 0.2) is 138 Å². The van der Waals surface area contributed by atoms with Crippen LogP contribution in [0.5, 0.6) is 0 Å². The van der Waals surface area contributed by atoms with E-state index < -0.39 is 0 Å². The van der Waals surface area contributed by atoms with Gasteiger partial charge in [-0.3, -0.25) is 0 Å². The second-order valence-corrected chi connectivity index (χ2v) is 19.8. The van der Waals surface area contributed by atoms with E-state index in [4.69, 9.17) is 4.42 Å². The molecule has 0 saturated heterocycles. The molecule has 0 aliphatic carbocycles. The van der Waals surface area contributed by atoms with Crippen molar-refractivity contribution < 1.29 is 4.42 Å². The van der Waals surface area contributed by atoms with E-state index in [-0.39, 0.29) is 23.1 Å². The molecular formula is C54H49BN2O. The summed E-state index contributed by atoms with van der Waals surface area (Å²) in [5, 5.41) is 4.90. The lowest BCUT2D eigenvalue weighted by Crippen LogP contribution is -2.60. The number of anilines is 2. The maximum Gasteiger partial charge on any atom is 0.333 e. The molecule has 0 amide bonds. The lowest BCUT2D eigenvalue weighted by molar-refractivity contribution is 0.590. The predicted molar refractivity (Wildman–Crippen MR) is 249 cm³/mol. The molecule has 0 saturated carbocycles. The van der Waals surface area contributed by atoms with Gasteiger partial charge < -0.3 is 13.8 Å². The van der Waals surface area contributed by atoms with Crippen LogP contribution >= 0.6 is 0 Å². The Bertz CT molecular complexity index is 3160. The van der Waals surface area contributed by atoms with E-state index in [9.17, 15) is 0 Å². The summed E-state index contributed by atoms with van der Waals surface area (Å²) in [6, 6.07) is 50.7. The second kappa shape index (κ2) is 11.8. The summed E-state index contributed by atoms with van der Waals surface area (Å²) in [6.45, 7) is 20.6. The van der Waals surface area contributed by atoms with Gasteiger partial charge in [-0.05, 0) is 115 Å². The molecule has 2 aromatic heterocycles. The fourth-order valence-corrected chi connectivity index (χ4v) is 9.91. The molecule has 2 aliphatic heterocycles. The number of nitrogens with zero attached hydrogens (tertiary/aromatic N) is 2. The van der Waals surface area contributed by atoms with Crippen molar-refractivity contribution in [2.45, 2.75) is 78.6 Å². The average molecular weight is 753 g/mol. The van der Waals surface area contributed by atoms with Crippen LogP contribution in [0.4, 0.5) is 11.4 Å². The largest absolute Gasteiger partial charge is 0.456 e. The van der Waals surface area contributed by atoms with Crippen molar-refractivity contribution in [1.82, 2.24) is 4.57 Å². The first kappa shape index (κ1) is 35.2. The average Bonchev–Trinajstić information content (AvgIpc) is 3.74. The molecule has 2 aliphatic rings. The SMILES string of the molecule is CC(C)(C)c1ccc(-c2cc3c4c5c2c2cc(C(C)(C)C)ccc2n5-c2cc5c(cc2B4N(c2ccc(C(C)(C)C)cc2)c2ccccc2-3)oc2ccccc25)cc1. The first-order valence-electron chi connectivity index (χ1n) is 20.9. The summed E-state index contributed by atoms with van der Waals surface area (Å²) in [5.41, 5.74) is 19.7. The fraction of sp³-hybridized carbons (Fsp3) is 0.222. The second-order valence-electron chi connectivity index (χ2n) is 19.8. The molecule has 0 spiro atoms. The highest BCUT2D eigenvalue weighted by Gasteiger charge is 2.45. The minimum absolute atomic E-state index is 0.0111. The number of furan rings is 1. The molecule has 4 heteroatoms. The van der Waals surface area contributed by atoms with Crippen molar-refractivity contribution in [3.05, 3.63) is 150 Å². The van der Waals surface area contributed by atoms with Gasteiger partial charge in [-0.25, -0.2) is 0 Å². The number of para-hydroxylation sites is 2. The molecule has 0 fully saturated rings. The number of benzene rings is 7. The van der Waals surface area contributed by atoms with Crippen LogP contribution in [0.3, 0.4) is 0 Å². The molecule has 0 bridgehead atoms. The smallest absolute Gasteiger partial charge is 0.333 e. The van der Waals surface area contributed by atoms with Gasteiger partial charge in [-0.15, -0.1) is 0 Å². The van der Waals surface area contributed by atoms with Crippen molar-refractivity contribution >= 4 is 72.9 Å². The molecule has 0 N–H and O–H groups in total. The Kier molecular flexibility index (Phi) is 7.15. The predicted octanol–water partition coefficient (Wildman–Crippen LogP) is 13.5. The normalized spacial score (nSPS) is 13.9.